The number of hydrogen-bond donors (Lipinski definition) is 2. The van der Waals surface area contributed by atoms with Crippen molar-refractivity contribution < 1.29 is 9.84 Å². The van der Waals surface area contributed by atoms with Gasteiger partial charge in [-0.25, -0.2) is 4.98 Å². The van der Waals surface area contributed by atoms with Crippen LogP contribution in [0.1, 0.15) is 54.4 Å². The molecule has 0 saturated heterocycles. The Kier molecular flexibility index (Phi) is 10.3. The van der Waals surface area contributed by atoms with Crippen molar-refractivity contribution in [3.63, 3.8) is 0 Å². The molecule has 0 bridgehead atoms. The van der Waals surface area contributed by atoms with E-state index in [-0.39, 0.29) is 18.6 Å². The van der Waals surface area contributed by atoms with E-state index in [1.807, 2.05) is 6.07 Å². The highest BCUT2D eigenvalue weighted by molar-refractivity contribution is 5.35. The third-order valence-electron chi connectivity index (χ3n) is 6.34. The average Bonchev–Trinajstić information content (AvgIpc) is 3.17. The van der Waals surface area contributed by atoms with E-state index in [2.05, 4.69) is 86.1 Å². The van der Waals surface area contributed by atoms with Crippen LogP contribution in [0.5, 0.6) is 0 Å². The lowest BCUT2D eigenvalue weighted by Crippen LogP contribution is -2.38. The first-order valence-electron chi connectivity index (χ1n) is 12.6. The topological polar surface area (TPSA) is 59.3 Å². The van der Waals surface area contributed by atoms with Crippen molar-refractivity contribution >= 4 is 0 Å². The van der Waals surface area contributed by atoms with E-state index in [1.54, 1.807) is 0 Å². The molecule has 2 aromatic heterocycles. The van der Waals surface area contributed by atoms with E-state index in [9.17, 15) is 5.11 Å². The van der Waals surface area contributed by atoms with Gasteiger partial charge in [-0.05, 0) is 69.0 Å². The van der Waals surface area contributed by atoms with E-state index >= 15 is 0 Å². The van der Waals surface area contributed by atoms with Crippen LogP contribution in [0.2, 0.25) is 0 Å². The largest absolute Gasteiger partial charge is 0.396 e. The zero-order valence-corrected chi connectivity index (χ0v) is 21.3. The van der Waals surface area contributed by atoms with Crippen LogP contribution < -0.4 is 5.32 Å². The quantitative estimate of drug-likeness (QED) is 0.318. The minimum absolute atomic E-state index is 0.0288. The van der Waals surface area contributed by atoms with Gasteiger partial charge >= 0.3 is 0 Å². The van der Waals surface area contributed by atoms with Gasteiger partial charge in [-0.2, -0.15) is 0 Å². The first-order valence-corrected chi connectivity index (χ1v) is 12.6. The molecular weight excluding hydrogens is 422 g/mol. The molecule has 3 rings (SSSR count). The van der Waals surface area contributed by atoms with Gasteiger partial charge in [0.1, 0.15) is 5.82 Å². The Bertz CT molecular complexity index is 980. The van der Waals surface area contributed by atoms with Crippen LogP contribution in [-0.2, 0) is 17.7 Å². The summed E-state index contributed by atoms with van der Waals surface area (Å²) in [5.74, 6) is 0.910. The average molecular weight is 464 g/mol. The molecule has 0 radical (unpaired) electrons. The van der Waals surface area contributed by atoms with Gasteiger partial charge in [-0.15, -0.1) is 0 Å². The van der Waals surface area contributed by atoms with Gasteiger partial charge in [-0.1, -0.05) is 50.1 Å². The van der Waals surface area contributed by atoms with Gasteiger partial charge < -0.3 is 19.7 Å². The molecule has 0 amide bonds. The van der Waals surface area contributed by atoms with E-state index in [1.165, 1.54) is 22.5 Å². The second-order valence-corrected chi connectivity index (χ2v) is 9.33. The number of aryl methyl sites for hydroxylation is 3. The van der Waals surface area contributed by atoms with Gasteiger partial charge in [-0.3, -0.25) is 0 Å². The predicted molar refractivity (Wildman–Crippen MR) is 139 cm³/mol. The second kappa shape index (κ2) is 13.4. The van der Waals surface area contributed by atoms with E-state index in [0.29, 0.717) is 13.0 Å². The maximum absolute atomic E-state index is 10.3. The van der Waals surface area contributed by atoms with E-state index < -0.39 is 0 Å². The highest BCUT2D eigenvalue weighted by Crippen LogP contribution is 2.20. The summed E-state index contributed by atoms with van der Waals surface area (Å²) in [5, 5.41) is 13.9. The maximum Gasteiger partial charge on any atom is 0.137 e. The lowest BCUT2D eigenvalue weighted by atomic mass is 9.96. The number of pyridine rings is 1. The third kappa shape index (κ3) is 7.52. The second-order valence-electron chi connectivity index (χ2n) is 9.33. The van der Waals surface area contributed by atoms with E-state index in [0.717, 1.165) is 43.9 Å². The van der Waals surface area contributed by atoms with Crippen molar-refractivity contribution in [2.24, 2.45) is 5.92 Å². The van der Waals surface area contributed by atoms with Crippen LogP contribution in [0.25, 0.3) is 5.82 Å². The fourth-order valence-corrected chi connectivity index (χ4v) is 4.45. The summed E-state index contributed by atoms with van der Waals surface area (Å²) in [4.78, 5) is 4.98. The van der Waals surface area contributed by atoms with E-state index in [4.69, 9.17) is 9.72 Å². The first kappa shape index (κ1) is 26.1. The monoisotopic (exact) mass is 463 g/mol. The predicted octanol–water partition coefficient (Wildman–Crippen LogP) is 5.31. The normalized spacial score (nSPS) is 13.2. The molecule has 5 heteroatoms. The highest BCUT2D eigenvalue weighted by Gasteiger charge is 2.23. The molecule has 0 fully saturated rings. The van der Waals surface area contributed by atoms with Crippen LogP contribution in [0, 0.1) is 26.7 Å². The van der Waals surface area contributed by atoms with Gasteiger partial charge in [0.2, 0.25) is 0 Å². The molecule has 34 heavy (non-hydrogen) atoms. The number of aliphatic hydroxyl groups is 1. The summed E-state index contributed by atoms with van der Waals surface area (Å²) >= 11 is 0. The minimum atomic E-state index is -0.0774. The third-order valence-corrected chi connectivity index (χ3v) is 6.34. The number of hydrogen-bond acceptors (Lipinski definition) is 4. The Balaban J connectivity index is 1.73. The Morgan fingerprint density at radius 3 is 2.41 bits per heavy atom. The Morgan fingerprint density at radius 1 is 1.00 bits per heavy atom. The lowest BCUT2D eigenvalue weighted by Gasteiger charge is -2.27. The fourth-order valence-electron chi connectivity index (χ4n) is 4.45. The number of aromatic nitrogens is 2. The molecule has 0 aliphatic rings. The molecule has 0 aliphatic carbocycles. The molecule has 0 spiro atoms. The number of nitrogens with zero attached hydrogens (tertiary/aromatic N) is 2. The van der Waals surface area contributed by atoms with Crippen LogP contribution in [0.15, 0.2) is 54.6 Å². The van der Waals surface area contributed by atoms with Crippen LogP contribution in [0.4, 0.5) is 0 Å². The molecule has 0 aliphatic heterocycles. The van der Waals surface area contributed by atoms with Crippen molar-refractivity contribution in [3.05, 3.63) is 82.8 Å². The summed E-state index contributed by atoms with van der Waals surface area (Å²) in [6, 6.07) is 18.9. The van der Waals surface area contributed by atoms with Gasteiger partial charge in [0.25, 0.3) is 0 Å². The first-order chi connectivity index (χ1) is 16.5. The van der Waals surface area contributed by atoms with Gasteiger partial charge in [0.05, 0.1) is 6.10 Å². The molecule has 2 N–H and O–H groups in total. The van der Waals surface area contributed by atoms with Crippen molar-refractivity contribution in [2.75, 3.05) is 19.8 Å². The number of aliphatic hydroxyl groups excluding tert-OH is 1. The number of ether oxygens (including phenoxy) is 1. The zero-order valence-electron chi connectivity index (χ0n) is 21.3. The summed E-state index contributed by atoms with van der Waals surface area (Å²) in [6.07, 6.45) is 3.97. The lowest BCUT2D eigenvalue weighted by molar-refractivity contribution is -0.00743. The smallest absolute Gasteiger partial charge is 0.137 e. The number of rotatable bonds is 14. The minimum Gasteiger partial charge on any atom is -0.396 e. The molecule has 0 unspecified atom stereocenters. The van der Waals surface area contributed by atoms with Gasteiger partial charge in [0.15, 0.2) is 0 Å². The molecular formula is C29H41N3O2. The molecule has 184 valence electrons. The maximum atomic E-state index is 10.3. The molecule has 0 saturated carbocycles. The number of unbranched alkanes of at least 4 members (excludes halogenated alkanes) is 2. The SMILES string of the molecule is CCCCCO[C@@H](CNCc1ccccc1)[C@@H](CO)Cc1cc(C)cc(-n2c(C)ccc2C)n1. The van der Waals surface area contributed by atoms with Crippen molar-refractivity contribution in [3.8, 4) is 5.82 Å². The molecule has 5 nitrogen and oxygen atoms in total. The molecule has 2 atom stereocenters. The van der Waals surface area contributed by atoms with Crippen molar-refractivity contribution in [1.29, 1.82) is 0 Å². The highest BCUT2D eigenvalue weighted by atomic mass is 16.5. The molecule has 1 aromatic carbocycles. The summed E-state index contributed by atoms with van der Waals surface area (Å²) in [6.45, 7) is 10.8. The van der Waals surface area contributed by atoms with Crippen LogP contribution >= 0.6 is 0 Å². The van der Waals surface area contributed by atoms with Crippen LogP contribution in [0.3, 0.4) is 0 Å². The number of nitrogens with one attached hydrogen (secondary N) is 1. The fraction of sp³-hybridized carbons (Fsp3) is 0.483. The molecule has 2 heterocycles. The van der Waals surface area contributed by atoms with Crippen LogP contribution in [-0.4, -0.2) is 40.5 Å². The summed E-state index contributed by atoms with van der Waals surface area (Å²) in [7, 11) is 0. The van der Waals surface area contributed by atoms with Crippen molar-refractivity contribution in [1.82, 2.24) is 14.9 Å². The standard InChI is InChI=1S/C29H41N3O2/c1-5-6-10-15-34-28(20-30-19-25-11-8-7-9-12-25)26(21-33)18-27-16-22(2)17-29(31-27)32-23(3)13-14-24(32)4/h7-9,11-14,16-17,26,28,30,33H,5-6,10,15,18-21H2,1-4H3/t26-,28+/m1/s1. The summed E-state index contributed by atoms with van der Waals surface area (Å²) in [5.41, 5.74) is 5.75. The Labute approximate surface area is 205 Å². The Morgan fingerprint density at radius 2 is 1.74 bits per heavy atom. The summed E-state index contributed by atoms with van der Waals surface area (Å²) < 4.78 is 8.51. The van der Waals surface area contributed by atoms with Crippen molar-refractivity contribution in [2.45, 2.75) is 66.0 Å². The number of benzene rings is 1. The van der Waals surface area contributed by atoms with Gasteiger partial charge in [0, 0.05) is 49.3 Å². The molecule has 3 aromatic rings. The zero-order chi connectivity index (χ0) is 24.3. The Hall–Kier alpha value is -2.47.